The summed E-state index contributed by atoms with van der Waals surface area (Å²) in [5.41, 5.74) is 9.63. The first kappa shape index (κ1) is 9.95. The summed E-state index contributed by atoms with van der Waals surface area (Å²) in [6, 6.07) is 13.5. The van der Waals surface area contributed by atoms with Gasteiger partial charge in [-0.15, -0.1) is 0 Å². The maximum absolute atomic E-state index is 3.62. The zero-order valence-corrected chi connectivity index (χ0v) is 10.6. The van der Waals surface area contributed by atoms with Crippen molar-refractivity contribution in [1.82, 2.24) is 5.32 Å². The van der Waals surface area contributed by atoms with Crippen LogP contribution in [0.4, 0.5) is 0 Å². The number of nitrogens with one attached hydrogen (secondary N) is 1. The zero-order chi connectivity index (χ0) is 12.3. The predicted molar refractivity (Wildman–Crippen MR) is 75.2 cm³/mol. The molecule has 0 spiro atoms. The van der Waals surface area contributed by atoms with Crippen LogP contribution in [0.2, 0.25) is 0 Å². The van der Waals surface area contributed by atoms with Gasteiger partial charge < -0.3 is 5.32 Å². The highest BCUT2D eigenvalue weighted by Crippen LogP contribution is 2.43. The van der Waals surface area contributed by atoms with Crippen LogP contribution < -0.4 is 5.32 Å². The molecule has 0 radical (unpaired) electrons. The van der Waals surface area contributed by atoms with E-state index in [0.29, 0.717) is 6.04 Å². The molecule has 0 saturated heterocycles. The molecule has 2 aromatic carbocycles. The Kier molecular flexibility index (Phi) is 1.80. The van der Waals surface area contributed by atoms with Crippen molar-refractivity contribution in [2.45, 2.75) is 19.9 Å². The fourth-order valence-electron chi connectivity index (χ4n) is 3.12. The van der Waals surface area contributed by atoms with Crippen molar-refractivity contribution in [2.75, 3.05) is 0 Å². The Labute approximate surface area is 107 Å². The molecule has 2 aromatic rings. The summed E-state index contributed by atoms with van der Waals surface area (Å²) in [6.45, 7) is 4.41. The average molecular weight is 233 g/mol. The van der Waals surface area contributed by atoms with Crippen molar-refractivity contribution >= 4 is 11.8 Å². The molecule has 0 fully saturated rings. The van der Waals surface area contributed by atoms with Crippen LogP contribution in [0.1, 0.15) is 39.4 Å². The van der Waals surface area contributed by atoms with Gasteiger partial charge in [-0.3, -0.25) is 0 Å². The summed E-state index contributed by atoms with van der Waals surface area (Å²) in [5, 5.41) is 3.62. The summed E-state index contributed by atoms with van der Waals surface area (Å²) in [4.78, 5) is 0. The molecule has 0 aliphatic carbocycles. The minimum atomic E-state index is 0.343. The minimum absolute atomic E-state index is 0.343. The quantitative estimate of drug-likeness (QED) is 0.729. The standard InChI is InChI=1S/C17H15N/c1-10-7-8-14-15(11(10)2)9-16-12-5-3-4-6-13(12)17(14)18-16/h3-9,17-18H,1-2H3. The Bertz CT molecular complexity index is 695. The van der Waals surface area contributed by atoms with E-state index in [1.807, 2.05) is 0 Å². The molecule has 1 atom stereocenters. The topological polar surface area (TPSA) is 12.0 Å². The van der Waals surface area contributed by atoms with Gasteiger partial charge in [0.2, 0.25) is 0 Å². The third-order valence-corrected chi connectivity index (χ3v) is 4.28. The van der Waals surface area contributed by atoms with Crippen LogP contribution in [0.5, 0.6) is 0 Å². The Balaban J connectivity index is 2.06. The lowest BCUT2D eigenvalue weighted by molar-refractivity contribution is 0.772. The molecule has 88 valence electrons. The van der Waals surface area contributed by atoms with Gasteiger partial charge in [0.1, 0.15) is 0 Å². The van der Waals surface area contributed by atoms with Crippen molar-refractivity contribution < 1.29 is 0 Å². The first-order chi connectivity index (χ1) is 8.75. The average Bonchev–Trinajstić information content (AvgIpc) is 2.70. The molecule has 2 aliphatic heterocycles. The van der Waals surface area contributed by atoms with Crippen LogP contribution in [-0.2, 0) is 0 Å². The van der Waals surface area contributed by atoms with Crippen LogP contribution in [0.15, 0.2) is 36.4 Å². The second-order valence-electron chi connectivity index (χ2n) is 5.23. The highest BCUT2D eigenvalue weighted by atomic mass is 15.0. The lowest BCUT2D eigenvalue weighted by Gasteiger charge is -2.22. The normalized spacial score (nSPS) is 18.8. The SMILES string of the molecule is Cc1ccc2c(c1C)C=C1NC2c2ccccc21. The lowest BCUT2D eigenvalue weighted by atomic mass is 9.90. The Morgan fingerprint density at radius 2 is 1.78 bits per heavy atom. The highest BCUT2D eigenvalue weighted by Gasteiger charge is 2.32. The molecular formula is C17H15N. The van der Waals surface area contributed by atoms with Gasteiger partial charge in [0.15, 0.2) is 0 Å². The highest BCUT2D eigenvalue weighted by molar-refractivity contribution is 5.90. The van der Waals surface area contributed by atoms with Gasteiger partial charge >= 0.3 is 0 Å². The van der Waals surface area contributed by atoms with Crippen LogP contribution in [0.25, 0.3) is 11.8 Å². The van der Waals surface area contributed by atoms with Crippen LogP contribution in [0, 0.1) is 13.8 Å². The van der Waals surface area contributed by atoms with E-state index in [0.717, 1.165) is 0 Å². The molecule has 0 saturated carbocycles. The van der Waals surface area contributed by atoms with E-state index in [9.17, 15) is 0 Å². The maximum atomic E-state index is 3.62. The third kappa shape index (κ3) is 1.11. The van der Waals surface area contributed by atoms with E-state index in [1.165, 1.54) is 39.1 Å². The number of rotatable bonds is 0. The first-order valence-electron chi connectivity index (χ1n) is 6.43. The second-order valence-corrected chi connectivity index (χ2v) is 5.23. The minimum Gasteiger partial charge on any atom is -0.374 e. The fraction of sp³-hybridized carbons (Fsp3) is 0.176. The molecule has 4 rings (SSSR count). The summed E-state index contributed by atoms with van der Waals surface area (Å²) < 4.78 is 0. The summed E-state index contributed by atoms with van der Waals surface area (Å²) >= 11 is 0. The summed E-state index contributed by atoms with van der Waals surface area (Å²) in [6.07, 6.45) is 2.31. The van der Waals surface area contributed by atoms with Gasteiger partial charge in [-0.2, -0.15) is 0 Å². The second kappa shape index (κ2) is 3.26. The van der Waals surface area contributed by atoms with Crippen molar-refractivity contribution in [3.8, 4) is 0 Å². The van der Waals surface area contributed by atoms with Crippen LogP contribution in [0.3, 0.4) is 0 Å². The summed E-state index contributed by atoms with van der Waals surface area (Å²) in [7, 11) is 0. The molecule has 2 bridgehead atoms. The van der Waals surface area contributed by atoms with E-state index >= 15 is 0 Å². The molecule has 1 unspecified atom stereocenters. The third-order valence-electron chi connectivity index (χ3n) is 4.28. The van der Waals surface area contributed by atoms with Crippen molar-refractivity contribution in [3.63, 3.8) is 0 Å². The Morgan fingerprint density at radius 1 is 0.944 bits per heavy atom. The first-order valence-corrected chi connectivity index (χ1v) is 6.43. The van der Waals surface area contributed by atoms with E-state index in [4.69, 9.17) is 0 Å². The Hall–Kier alpha value is -2.02. The Morgan fingerprint density at radius 3 is 2.67 bits per heavy atom. The van der Waals surface area contributed by atoms with E-state index in [1.54, 1.807) is 0 Å². The van der Waals surface area contributed by atoms with E-state index < -0.39 is 0 Å². The smallest absolute Gasteiger partial charge is 0.0780 e. The number of aryl methyl sites for hydroxylation is 1. The molecule has 1 nitrogen and oxygen atoms in total. The van der Waals surface area contributed by atoms with Gasteiger partial charge in [-0.05, 0) is 47.7 Å². The largest absolute Gasteiger partial charge is 0.374 e. The predicted octanol–water partition coefficient (Wildman–Crippen LogP) is 3.81. The van der Waals surface area contributed by atoms with Crippen molar-refractivity contribution in [2.24, 2.45) is 0 Å². The molecule has 2 aliphatic rings. The van der Waals surface area contributed by atoms with Gasteiger partial charge in [0, 0.05) is 11.3 Å². The van der Waals surface area contributed by atoms with Gasteiger partial charge in [-0.25, -0.2) is 0 Å². The number of benzene rings is 2. The molecule has 18 heavy (non-hydrogen) atoms. The number of hydrogen-bond donors (Lipinski definition) is 1. The van der Waals surface area contributed by atoms with Crippen molar-refractivity contribution in [3.05, 3.63) is 69.8 Å². The van der Waals surface area contributed by atoms with E-state index in [2.05, 4.69) is 61.6 Å². The monoisotopic (exact) mass is 233 g/mol. The molecule has 1 heteroatoms. The molecule has 0 aromatic heterocycles. The van der Waals surface area contributed by atoms with E-state index in [-0.39, 0.29) is 0 Å². The maximum Gasteiger partial charge on any atom is 0.0780 e. The summed E-state index contributed by atoms with van der Waals surface area (Å²) in [5.74, 6) is 0. The van der Waals surface area contributed by atoms with Crippen LogP contribution >= 0.6 is 0 Å². The molecule has 2 heterocycles. The molecular weight excluding hydrogens is 218 g/mol. The van der Waals surface area contributed by atoms with Crippen molar-refractivity contribution in [1.29, 1.82) is 0 Å². The van der Waals surface area contributed by atoms with Gasteiger partial charge in [0.05, 0.1) is 6.04 Å². The zero-order valence-electron chi connectivity index (χ0n) is 10.6. The molecule has 0 amide bonds. The van der Waals surface area contributed by atoms with Crippen LogP contribution in [-0.4, -0.2) is 0 Å². The number of hydrogen-bond acceptors (Lipinski definition) is 1. The number of fused-ring (bicyclic) bond motifs is 7. The molecule has 1 N–H and O–H groups in total. The lowest BCUT2D eigenvalue weighted by Crippen LogP contribution is -2.18. The fourth-order valence-corrected chi connectivity index (χ4v) is 3.12. The van der Waals surface area contributed by atoms with Gasteiger partial charge in [0.25, 0.3) is 0 Å². The van der Waals surface area contributed by atoms with Gasteiger partial charge in [-0.1, -0.05) is 36.4 Å².